The van der Waals surface area contributed by atoms with Gasteiger partial charge in [0, 0.05) is 37.0 Å². The average molecular weight is 426 g/mol. The van der Waals surface area contributed by atoms with Crippen molar-refractivity contribution in [1.82, 2.24) is 10.2 Å². The van der Waals surface area contributed by atoms with Crippen molar-refractivity contribution in [2.75, 3.05) is 43.5 Å². The summed E-state index contributed by atoms with van der Waals surface area (Å²) in [6, 6.07) is 13.8. The summed E-state index contributed by atoms with van der Waals surface area (Å²) in [5.74, 6) is 0.673. The Kier molecular flexibility index (Phi) is 7.69. The SMILES string of the molecule is CCN(CC(=O)Nc1ccc2c(c1)OCCO2)C(=O)CCNC(=O)Nc1ccccc1. The van der Waals surface area contributed by atoms with Crippen LogP contribution in [0.4, 0.5) is 16.2 Å². The maximum absolute atomic E-state index is 12.4. The number of benzene rings is 2. The fourth-order valence-electron chi connectivity index (χ4n) is 3.01. The van der Waals surface area contributed by atoms with Gasteiger partial charge in [0.15, 0.2) is 11.5 Å². The normalized spacial score (nSPS) is 11.9. The number of fused-ring (bicyclic) bond motifs is 1. The highest BCUT2D eigenvalue weighted by atomic mass is 16.6. The minimum atomic E-state index is -0.390. The number of anilines is 2. The Bertz CT molecular complexity index is 919. The van der Waals surface area contributed by atoms with Gasteiger partial charge in [-0.05, 0) is 31.2 Å². The molecular formula is C22H26N4O5. The zero-order chi connectivity index (χ0) is 22.1. The molecule has 0 radical (unpaired) electrons. The van der Waals surface area contributed by atoms with Crippen molar-refractivity contribution in [1.29, 1.82) is 0 Å². The third kappa shape index (κ3) is 6.63. The van der Waals surface area contributed by atoms with Gasteiger partial charge in [-0.15, -0.1) is 0 Å². The molecule has 3 N–H and O–H groups in total. The number of amides is 4. The van der Waals surface area contributed by atoms with Crippen LogP contribution in [0.5, 0.6) is 11.5 Å². The monoisotopic (exact) mass is 426 g/mol. The molecule has 1 aliphatic heterocycles. The number of carbonyl (C=O) groups excluding carboxylic acids is 3. The van der Waals surface area contributed by atoms with Crippen molar-refractivity contribution < 1.29 is 23.9 Å². The molecule has 0 spiro atoms. The number of rotatable bonds is 8. The second-order valence-corrected chi connectivity index (χ2v) is 6.81. The van der Waals surface area contributed by atoms with E-state index in [-0.39, 0.29) is 31.3 Å². The summed E-state index contributed by atoms with van der Waals surface area (Å²) in [6.45, 7) is 3.21. The van der Waals surface area contributed by atoms with E-state index < -0.39 is 6.03 Å². The first kappa shape index (κ1) is 21.9. The maximum Gasteiger partial charge on any atom is 0.319 e. The Morgan fingerprint density at radius 2 is 1.68 bits per heavy atom. The highest BCUT2D eigenvalue weighted by Crippen LogP contribution is 2.32. The predicted octanol–water partition coefficient (Wildman–Crippen LogP) is 2.46. The van der Waals surface area contributed by atoms with Gasteiger partial charge in [0.2, 0.25) is 11.8 Å². The maximum atomic E-state index is 12.4. The first-order valence-corrected chi connectivity index (χ1v) is 10.1. The molecule has 4 amide bonds. The summed E-state index contributed by atoms with van der Waals surface area (Å²) >= 11 is 0. The lowest BCUT2D eigenvalue weighted by Gasteiger charge is -2.21. The number of hydrogen-bond acceptors (Lipinski definition) is 5. The molecule has 0 aliphatic carbocycles. The summed E-state index contributed by atoms with van der Waals surface area (Å²) in [5.41, 5.74) is 1.23. The number of para-hydroxylation sites is 1. The van der Waals surface area contributed by atoms with Crippen LogP contribution in [0.1, 0.15) is 13.3 Å². The predicted molar refractivity (Wildman–Crippen MR) is 116 cm³/mol. The van der Waals surface area contributed by atoms with E-state index in [0.717, 1.165) is 0 Å². The first-order valence-electron chi connectivity index (χ1n) is 10.1. The van der Waals surface area contributed by atoms with E-state index in [4.69, 9.17) is 9.47 Å². The molecule has 0 fully saturated rings. The molecule has 1 heterocycles. The lowest BCUT2D eigenvalue weighted by Crippen LogP contribution is -2.40. The fourth-order valence-corrected chi connectivity index (χ4v) is 3.01. The first-order chi connectivity index (χ1) is 15.0. The number of urea groups is 1. The molecule has 164 valence electrons. The Labute approximate surface area is 180 Å². The van der Waals surface area contributed by atoms with E-state index in [0.29, 0.717) is 42.6 Å². The van der Waals surface area contributed by atoms with Crippen molar-refractivity contribution >= 4 is 29.2 Å². The van der Waals surface area contributed by atoms with Gasteiger partial charge in [0.05, 0.1) is 6.54 Å². The number of nitrogens with zero attached hydrogens (tertiary/aromatic N) is 1. The standard InChI is InChI=1S/C22H26N4O5/c1-2-26(21(28)10-11-23-22(29)25-16-6-4-3-5-7-16)15-20(27)24-17-8-9-18-19(14-17)31-13-12-30-18/h3-9,14H,2,10-13,15H2,1H3,(H,24,27)(H2,23,25,29). The van der Waals surface area contributed by atoms with Gasteiger partial charge in [-0.3, -0.25) is 9.59 Å². The van der Waals surface area contributed by atoms with Crippen LogP contribution in [0.3, 0.4) is 0 Å². The van der Waals surface area contributed by atoms with E-state index in [1.54, 1.807) is 37.3 Å². The molecule has 31 heavy (non-hydrogen) atoms. The Hall–Kier alpha value is -3.75. The van der Waals surface area contributed by atoms with E-state index in [1.165, 1.54) is 4.90 Å². The van der Waals surface area contributed by atoms with E-state index in [1.807, 2.05) is 18.2 Å². The van der Waals surface area contributed by atoms with Gasteiger partial charge in [0.25, 0.3) is 0 Å². The fraction of sp³-hybridized carbons (Fsp3) is 0.318. The van der Waals surface area contributed by atoms with Gasteiger partial charge < -0.3 is 30.3 Å². The lowest BCUT2D eigenvalue weighted by atomic mass is 10.2. The van der Waals surface area contributed by atoms with Crippen LogP contribution >= 0.6 is 0 Å². The molecule has 9 heteroatoms. The summed E-state index contributed by atoms with van der Waals surface area (Å²) in [6.07, 6.45) is 0.0906. The van der Waals surface area contributed by atoms with Crippen molar-refractivity contribution in [3.05, 3.63) is 48.5 Å². The second-order valence-electron chi connectivity index (χ2n) is 6.81. The van der Waals surface area contributed by atoms with Gasteiger partial charge in [-0.2, -0.15) is 0 Å². The second kappa shape index (κ2) is 10.9. The summed E-state index contributed by atoms with van der Waals surface area (Å²) < 4.78 is 11.0. The summed E-state index contributed by atoms with van der Waals surface area (Å²) in [5, 5.41) is 8.09. The lowest BCUT2D eigenvalue weighted by molar-refractivity contribution is -0.134. The molecule has 0 saturated carbocycles. The number of hydrogen-bond donors (Lipinski definition) is 3. The molecular weight excluding hydrogens is 400 g/mol. The minimum absolute atomic E-state index is 0.0833. The molecule has 9 nitrogen and oxygen atoms in total. The van der Waals surface area contributed by atoms with Crippen LogP contribution in [-0.2, 0) is 9.59 Å². The highest BCUT2D eigenvalue weighted by Gasteiger charge is 2.17. The Morgan fingerprint density at radius 3 is 2.42 bits per heavy atom. The molecule has 2 aromatic rings. The third-order valence-corrected chi connectivity index (χ3v) is 4.55. The van der Waals surface area contributed by atoms with Crippen molar-refractivity contribution in [3.63, 3.8) is 0 Å². The third-order valence-electron chi connectivity index (χ3n) is 4.55. The molecule has 0 atom stereocenters. The zero-order valence-corrected chi connectivity index (χ0v) is 17.3. The summed E-state index contributed by atoms with van der Waals surface area (Å²) in [4.78, 5) is 38.1. The van der Waals surface area contributed by atoms with Crippen LogP contribution in [0.15, 0.2) is 48.5 Å². The number of carbonyl (C=O) groups is 3. The molecule has 0 saturated heterocycles. The Morgan fingerprint density at radius 1 is 0.935 bits per heavy atom. The van der Waals surface area contributed by atoms with Crippen LogP contribution in [0.25, 0.3) is 0 Å². The van der Waals surface area contributed by atoms with Gasteiger partial charge >= 0.3 is 6.03 Å². The summed E-state index contributed by atoms with van der Waals surface area (Å²) in [7, 11) is 0. The van der Waals surface area contributed by atoms with Crippen LogP contribution in [0.2, 0.25) is 0 Å². The van der Waals surface area contributed by atoms with Gasteiger partial charge in [0.1, 0.15) is 13.2 Å². The van der Waals surface area contributed by atoms with Crippen molar-refractivity contribution in [2.45, 2.75) is 13.3 Å². The van der Waals surface area contributed by atoms with Crippen LogP contribution < -0.4 is 25.4 Å². The van der Waals surface area contributed by atoms with E-state index >= 15 is 0 Å². The Balaban J connectivity index is 1.42. The van der Waals surface area contributed by atoms with Gasteiger partial charge in [-0.25, -0.2) is 4.79 Å². The topological polar surface area (TPSA) is 109 Å². The quantitative estimate of drug-likeness (QED) is 0.601. The molecule has 3 rings (SSSR count). The van der Waals surface area contributed by atoms with E-state index in [9.17, 15) is 14.4 Å². The van der Waals surface area contributed by atoms with E-state index in [2.05, 4.69) is 16.0 Å². The van der Waals surface area contributed by atoms with Crippen LogP contribution in [0, 0.1) is 0 Å². The zero-order valence-electron chi connectivity index (χ0n) is 17.3. The number of ether oxygens (including phenoxy) is 2. The number of nitrogens with one attached hydrogen (secondary N) is 3. The van der Waals surface area contributed by atoms with Crippen molar-refractivity contribution in [2.24, 2.45) is 0 Å². The molecule has 1 aliphatic rings. The highest BCUT2D eigenvalue weighted by molar-refractivity contribution is 5.95. The smallest absolute Gasteiger partial charge is 0.319 e. The molecule has 2 aromatic carbocycles. The molecule has 0 unspecified atom stereocenters. The van der Waals surface area contributed by atoms with Crippen molar-refractivity contribution in [3.8, 4) is 11.5 Å². The number of likely N-dealkylation sites (N-methyl/N-ethyl adjacent to an activating group) is 1. The largest absolute Gasteiger partial charge is 0.486 e. The molecule has 0 aromatic heterocycles. The average Bonchev–Trinajstić information content (AvgIpc) is 2.78. The molecule has 0 bridgehead atoms. The van der Waals surface area contributed by atoms with Gasteiger partial charge in [-0.1, -0.05) is 18.2 Å². The minimum Gasteiger partial charge on any atom is -0.486 e. The van der Waals surface area contributed by atoms with Crippen LogP contribution in [-0.4, -0.2) is 55.6 Å².